The number of hydrogen-bond donors (Lipinski definition) is 2. The van der Waals surface area contributed by atoms with Crippen molar-refractivity contribution in [1.82, 2.24) is 24.7 Å². The van der Waals surface area contributed by atoms with Crippen molar-refractivity contribution in [2.45, 2.75) is 6.10 Å². The molecule has 2 aromatic carbocycles. The topological polar surface area (TPSA) is 107 Å². The van der Waals surface area contributed by atoms with E-state index in [2.05, 4.69) is 25.5 Å². The number of hydrogen-bond acceptors (Lipinski definition) is 7. The summed E-state index contributed by atoms with van der Waals surface area (Å²) in [6, 6.07) is 10.2. The number of para-hydroxylation sites is 2. The SMILES string of the molecule is O=c1c2cn[nH]c2c2cnc(NC[C@H]3COc4ccccc4O3)nc2n1-c1cc(F)ccc1F. The van der Waals surface area contributed by atoms with E-state index in [0.717, 1.165) is 22.8 Å². The summed E-state index contributed by atoms with van der Waals surface area (Å²) < 4.78 is 41.3. The first kappa shape index (κ1) is 20.1. The van der Waals surface area contributed by atoms with Crippen molar-refractivity contribution in [2.24, 2.45) is 0 Å². The summed E-state index contributed by atoms with van der Waals surface area (Å²) in [7, 11) is 0. The van der Waals surface area contributed by atoms with Gasteiger partial charge in [0, 0.05) is 12.3 Å². The Kier molecular flexibility index (Phi) is 4.61. The lowest BCUT2D eigenvalue weighted by Crippen LogP contribution is -2.35. The zero-order valence-corrected chi connectivity index (χ0v) is 17.5. The quantitative estimate of drug-likeness (QED) is 0.422. The Labute approximate surface area is 190 Å². The summed E-state index contributed by atoms with van der Waals surface area (Å²) in [4.78, 5) is 22.0. The molecule has 6 rings (SSSR count). The van der Waals surface area contributed by atoms with E-state index in [0.29, 0.717) is 35.6 Å². The third-order valence-corrected chi connectivity index (χ3v) is 5.53. The Morgan fingerprint density at radius 2 is 1.97 bits per heavy atom. The van der Waals surface area contributed by atoms with Gasteiger partial charge in [0.05, 0.1) is 34.7 Å². The average molecular weight is 462 g/mol. The molecular formula is C23H16F2N6O3. The lowest BCUT2D eigenvalue weighted by Gasteiger charge is -2.26. The fourth-order valence-electron chi connectivity index (χ4n) is 3.92. The number of rotatable bonds is 4. The minimum atomic E-state index is -0.771. The van der Waals surface area contributed by atoms with Crippen molar-refractivity contribution < 1.29 is 18.3 Å². The average Bonchev–Trinajstić information content (AvgIpc) is 3.35. The number of aromatic amines is 1. The van der Waals surface area contributed by atoms with Crippen LogP contribution >= 0.6 is 0 Å². The maximum atomic E-state index is 14.7. The van der Waals surface area contributed by atoms with Crippen LogP contribution in [0.1, 0.15) is 0 Å². The van der Waals surface area contributed by atoms with Crippen LogP contribution in [0.25, 0.3) is 27.6 Å². The molecule has 2 N–H and O–H groups in total. The van der Waals surface area contributed by atoms with Crippen molar-refractivity contribution >= 4 is 27.9 Å². The Balaban J connectivity index is 1.40. The second-order valence-electron chi connectivity index (χ2n) is 7.70. The Morgan fingerprint density at radius 3 is 2.85 bits per heavy atom. The molecule has 3 aromatic heterocycles. The van der Waals surface area contributed by atoms with Crippen LogP contribution in [0.2, 0.25) is 0 Å². The summed E-state index contributed by atoms with van der Waals surface area (Å²) in [5.41, 5.74) is -0.357. The highest BCUT2D eigenvalue weighted by Crippen LogP contribution is 2.31. The molecule has 0 bridgehead atoms. The molecular weight excluding hydrogens is 446 g/mol. The highest BCUT2D eigenvalue weighted by atomic mass is 19.1. The molecule has 11 heteroatoms. The van der Waals surface area contributed by atoms with Crippen LogP contribution in [-0.4, -0.2) is 44.0 Å². The highest BCUT2D eigenvalue weighted by Gasteiger charge is 2.22. The van der Waals surface area contributed by atoms with Gasteiger partial charge >= 0.3 is 0 Å². The molecule has 5 aromatic rings. The van der Waals surface area contributed by atoms with Crippen LogP contribution in [0.4, 0.5) is 14.7 Å². The summed E-state index contributed by atoms with van der Waals surface area (Å²) in [5, 5.41) is 10.4. The molecule has 0 radical (unpaired) electrons. The van der Waals surface area contributed by atoms with E-state index in [-0.39, 0.29) is 28.8 Å². The van der Waals surface area contributed by atoms with Gasteiger partial charge in [-0.1, -0.05) is 12.1 Å². The van der Waals surface area contributed by atoms with E-state index in [1.807, 2.05) is 24.3 Å². The molecule has 0 aliphatic carbocycles. The minimum Gasteiger partial charge on any atom is -0.486 e. The first-order valence-electron chi connectivity index (χ1n) is 10.4. The zero-order valence-electron chi connectivity index (χ0n) is 17.5. The first-order valence-corrected chi connectivity index (χ1v) is 10.4. The maximum absolute atomic E-state index is 14.7. The van der Waals surface area contributed by atoms with Crippen molar-refractivity contribution in [3.05, 3.63) is 76.8 Å². The Bertz CT molecular complexity index is 1620. The summed E-state index contributed by atoms with van der Waals surface area (Å²) >= 11 is 0. The molecule has 1 aliphatic heterocycles. The van der Waals surface area contributed by atoms with Gasteiger partial charge in [-0.3, -0.25) is 14.5 Å². The van der Waals surface area contributed by atoms with Gasteiger partial charge in [-0.05, 0) is 24.3 Å². The minimum absolute atomic E-state index is 0.0925. The zero-order chi connectivity index (χ0) is 23.2. The number of nitrogens with one attached hydrogen (secondary N) is 2. The molecule has 170 valence electrons. The van der Waals surface area contributed by atoms with Gasteiger partial charge < -0.3 is 14.8 Å². The number of pyridine rings is 1. The number of benzene rings is 2. The first-order chi connectivity index (χ1) is 16.6. The predicted octanol–water partition coefficient (Wildman–Crippen LogP) is 3.19. The van der Waals surface area contributed by atoms with Crippen LogP contribution in [0.5, 0.6) is 11.5 Å². The van der Waals surface area contributed by atoms with Crippen molar-refractivity contribution in [3.63, 3.8) is 0 Å². The molecule has 34 heavy (non-hydrogen) atoms. The van der Waals surface area contributed by atoms with E-state index in [1.165, 1.54) is 12.4 Å². The fourth-order valence-corrected chi connectivity index (χ4v) is 3.92. The fraction of sp³-hybridized carbons (Fsp3) is 0.130. The van der Waals surface area contributed by atoms with Crippen LogP contribution in [0.15, 0.2) is 59.7 Å². The number of halogens is 2. The molecule has 0 saturated carbocycles. The molecule has 0 unspecified atom stereocenters. The summed E-state index contributed by atoms with van der Waals surface area (Å²) in [6.45, 7) is 0.635. The molecule has 0 amide bonds. The third-order valence-electron chi connectivity index (χ3n) is 5.53. The number of H-pyrrole nitrogens is 1. The second-order valence-corrected chi connectivity index (χ2v) is 7.70. The Hall–Kier alpha value is -4.54. The summed E-state index contributed by atoms with van der Waals surface area (Å²) in [5.74, 6) is 0.0271. The van der Waals surface area contributed by atoms with Crippen LogP contribution in [0, 0.1) is 11.6 Å². The van der Waals surface area contributed by atoms with Gasteiger partial charge in [-0.25, -0.2) is 13.8 Å². The summed E-state index contributed by atoms with van der Waals surface area (Å²) in [6.07, 6.45) is 2.51. The molecule has 4 heterocycles. The third kappa shape index (κ3) is 3.29. The molecule has 9 nitrogen and oxygen atoms in total. The van der Waals surface area contributed by atoms with Gasteiger partial charge in [-0.15, -0.1) is 0 Å². The highest BCUT2D eigenvalue weighted by molar-refractivity contribution is 6.02. The standard InChI is InChI=1S/C23H16F2N6O3/c24-12-5-6-16(25)17(7-12)31-21-14(20-15(22(31)32)10-28-30-20)9-27-23(29-21)26-8-13-11-33-18-3-1-2-4-19(18)34-13/h1-7,9-10,13H,8,11H2,(H,28,30)(H,26,27,29)/t13-/m0/s1. The lowest BCUT2D eigenvalue weighted by atomic mass is 10.2. The maximum Gasteiger partial charge on any atom is 0.267 e. The van der Waals surface area contributed by atoms with Crippen molar-refractivity contribution in [2.75, 3.05) is 18.5 Å². The van der Waals surface area contributed by atoms with E-state index in [9.17, 15) is 13.6 Å². The molecule has 1 atom stereocenters. The van der Waals surface area contributed by atoms with Crippen LogP contribution in [0.3, 0.4) is 0 Å². The van der Waals surface area contributed by atoms with E-state index in [1.54, 1.807) is 0 Å². The van der Waals surface area contributed by atoms with Crippen LogP contribution in [-0.2, 0) is 0 Å². The van der Waals surface area contributed by atoms with Gasteiger partial charge in [0.2, 0.25) is 5.95 Å². The van der Waals surface area contributed by atoms with Gasteiger partial charge in [0.1, 0.15) is 24.3 Å². The number of nitrogens with zero attached hydrogens (tertiary/aromatic N) is 4. The predicted molar refractivity (Wildman–Crippen MR) is 120 cm³/mol. The van der Waals surface area contributed by atoms with Crippen LogP contribution < -0.4 is 20.3 Å². The number of anilines is 1. The van der Waals surface area contributed by atoms with E-state index >= 15 is 0 Å². The Morgan fingerprint density at radius 1 is 1.12 bits per heavy atom. The van der Waals surface area contributed by atoms with E-state index in [4.69, 9.17) is 9.47 Å². The number of fused-ring (bicyclic) bond motifs is 4. The molecule has 0 spiro atoms. The van der Waals surface area contributed by atoms with Gasteiger partial charge in [0.15, 0.2) is 17.1 Å². The van der Waals surface area contributed by atoms with Crippen molar-refractivity contribution in [1.29, 1.82) is 0 Å². The monoisotopic (exact) mass is 462 g/mol. The molecule has 0 fully saturated rings. The normalized spacial score (nSPS) is 15.1. The second kappa shape index (κ2) is 7.80. The number of ether oxygens (including phenoxy) is 2. The van der Waals surface area contributed by atoms with E-state index < -0.39 is 17.2 Å². The largest absolute Gasteiger partial charge is 0.486 e. The van der Waals surface area contributed by atoms with Gasteiger partial charge in [0.25, 0.3) is 5.56 Å². The van der Waals surface area contributed by atoms with Gasteiger partial charge in [-0.2, -0.15) is 10.1 Å². The number of aromatic nitrogens is 5. The molecule has 1 aliphatic rings. The molecule has 0 saturated heterocycles. The lowest BCUT2D eigenvalue weighted by molar-refractivity contribution is 0.0996. The smallest absolute Gasteiger partial charge is 0.267 e. The van der Waals surface area contributed by atoms with Crippen molar-refractivity contribution in [3.8, 4) is 17.2 Å².